The molecule has 0 aromatic carbocycles. The van der Waals surface area contributed by atoms with Crippen LogP contribution in [-0.2, 0) is 9.59 Å². The van der Waals surface area contributed by atoms with Gasteiger partial charge in [-0.1, -0.05) is 19.8 Å². The maximum atomic E-state index is 11.7. The van der Waals surface area contributed by atoms with E-state index in [2.05, 4.69) is 38.3 Å². The highest BCUT2D eigenvalue weighted by Crippen LogP contribution is 2.17. The van der Waals surface area contributed by atoms with Crippen molar-refractivity contribution in [3.63, 3.8) is 0 Å². The second kappa shape index (κ2) is 10.6. The van der Waals surface area contributed by atoms with Crippen molar-refractivity contribution in [1.82, 2.24) is 10.6 Å². The molecule has 0 bridgehead atoms. The first-order valence-electron chi connectivity index (χ1n) is 7.98. The molecule has 1 unspecified atom stereocenters. The van der Waals surface area contributed by atoms with Gasteiger partial charge in [0.25, 0.3) is 0 Å². The molecule has 3 N–H and O–H groups in total. The number of carbonyl (C=O) groups is 2. The summed E-state index contributed by atoms with van der Waals surface area (Å²) in [6.07, 6.45) is 4.33. The molecule has 0 aliphatic rings. The van der Waals surface area contributed by atoms with Crippen molar-refractivity contribution < 1.29 is 14.7 Å². The maximum absolute atomic E-state index is 11.7. The second-order valence-electron chi connectivity index (χ2n) is 6.65. The summed E-state index contributed by atoms with van der Waals surface area (Å²) in [5, 5.41) is 14.9. The fourth-order valence-electron chi connectivity index (χ4n) is 2.22. The Bertz CT molecular complexity index is 311. The number of nitrogens with one attached hydrogen (secondary N) is 2. The molecule has 1 amide bonds. The number of hydrogen-bond donors (Lipinski definition) is 3. The Labute approximate surface area is 128 Å². The van der Waals surface area contributed by atoms with E-state index in [-0.39, 0.29) is 17.9 Å². The average Bonchev–Trinajstić information content (AvgIpc) is 2.34. The van der Waals surface area contributed by atoms with Crippen LogP contribution in [0.2, 0.25) is 0 Å². The molecule has 21 heavy (non-hydrogen) atoms. The van der Waals surface area contributed by atoms with Gasteiger partial charge in [0.2, 0.25) is 5.91 Å². The van der Waals surface area contributed by atoms with E-state index in [4.69, 9.17) is 5.11 Å². The largest absolute Gasteiger partial charge is 0.481 e. The lowest BCUT2D eigenvalue weighted by Crippen LogP contribution is -2.38. The Balaban J connectivity index is 3.81. The molecule has 0 saturated carbocycles. The number of amides is 1. The average molecular weight is 300 g/mol. The lowest BCUT2D eigenvalue weighted by atomic mass is 9.94. The topological polar surface area (TPSA) is 78.4 Å². The Morgan fingerprint density at radius 1 is 1.05 bits per heavy atom. The number of carboxylic acids is 1. The zero-order valence-electron chi connectivity index (χ0n) is 14.0. The number of aliphatic carboxylic acids is 1. The Kier molecular flexibility index (Phi) is 10.0. The summed E-state index contributed by atoms with van der Waals surface area (Å²) in [4.78, 5) is 22.3. The molecule has 0 aromatic heterocycles. The van der Waals surface area contributed by atoms with E-state index < -0.39 is 5.97 Å². The predicted octanol–water partition coefficient (Wildman–Crippen LogP) is 2.55. The number of carboxylic acid groups (broad SMARTS) is 1. The van der Waals surface area contributed by atoms with Gasteiger partial charge < -0.3 is 15.7 Å². The van der Waals surface area contributed by atoms with Crippen LogP contribution in [0.3, 0.4) is 0 Å². The highest BCUT2D eigenvalue weighted by Gasteiger charge is 2.12. The van der Waals surface area contributed by atoms with Crippen molar-refractivity contribution in [3.8, 4) is 0 Å². The minimum atomic E-state index is -0.742. The monoisotopic (exact) mass is 300 g/mol. The minimum absolute atomic E-state index is 0.0311. The smallest absolute Gasteiger partial charge is 0.303 e. The van der Waals surface area contributed by atoms with Gasteiger partial charge in [-0.3, -0.25) is 9.59 Å². The summed E-state index contributed by atoms with van der Waals surface area (Å²) in [5.41, 5.74) is 0.0311. The molecule has 0 saturated heterocycles. The quantitative estimate of drug-likeness (QED) is 0.548. The molecule has 124 valence electrons. The Hall–Kier alpha value is -1.10. The molecule has 0 aliphatic heterocycles. The van der Waals surface area contributed by atoms with Crippen LogP contribution in [0.25, 0.3) is 0 Å². The van der Waals surface area contributed by atoms with Crippen LogP contribution >= 0.6 is 0 Å². The molecule has 0 aromatic rings. The van der Waals surface area contributed by atoms with Crippen molar-refractivity contribution in [1.29, 1.82) is 0 Å². The molecular weight excluding hydrogens is 268 g/mol. The molecule has 5 nitrogen and oxygen atoms in total. The van der Waals surface area contributed by atoms with Gasteiger partial charge in [-0.05, 0) is 39.5 Å². The van der Waals surface area contributed by atoms with Crippen LogP contribution in [0.1, 0.15) is 66.2 Å². The molecule has 0 heterocycles. The summed E-state index contributed by atoms with van der Waals surface area (Å²) in [6, 6.07) is 0. The fraction of sp³-hybridized carbons (Fsp3) is 0.875. The van der Waals surface area contributed by atoms with Gasteiger partial charge in [-0.15, -0.1) is 0 Å². The predicted molar refractivity (Wildman–Crippen MR) is 85.3 cm³/mol. The van der Waals surface area contributed by atoms with Gasteiger partial charge in [-0.25, -0.2) is 0 Å². The van der Waals surface area contributed by atoms with E-state index in [9.17, 15) is 9.59 Å². The lowest BCUT2D eigenvalue weighted by Gasteiger charge is -2.20. The highest BCUT2D eigenvalue weighted by atomic mass is 16.4. The molecule has 0 rings (SSSR count). The van der Waals surface area contributed by atoms with Gasteiger partial charge in [0.05, 0.1) is 0 Å². The van der Waals surface area contributed by atoms with Crippen molar-refractivity contribution in [2.24, 2.45) is 5.92 Å². The fourth-order valence-corrected chi connectivity index (χ4v) is 2.22. The summed E-state index contributed by atoms with van der Waals surface area (Å²) in [6.45, 7) is 9.63. The van der Waals surface area contributed by atoms with Gasteiger partial charge >= 0.3 is 5.97 Å². The molecule has 0 radical (unpaired) electrons. The van der Waals surface area contributed by atoms with Gasteiger partial charge in [0, 0.05) is 31.5 Å². The molecule has 0 aliphatic carbocycles. The summed E-state index contributed by atoms with van der Waals surface area (Å²) in [7, 11) is 0. The Morgan fingerprint density at radius 2 is 1.71 bits per heavy atom. The second-order valence-corrected chi connectivity index (χ2v) is 6.65. The van der Waals surface area contributed by atoms with Gasteiger partial charge in [0.15, 0.2) is 0 Å². The van der Waals surface area contributed by atoms with Crippen molar-refractivity contribution in [3.05, 3.63) is 0 Å². The highest BCUT2D eigenvalue weighted by molar-refractivity contribution is 5.76. The first-order chi connectivity index (χ1) is 9.74. The van der Waals surface area contributed by atoms with Crippen LogP contribution in [-0.4, -0.2) is 35.6 Å². The third-order valence-corrected chi connectivity index (χ3v) is 3.35. The molecule has 0 spiro atoms. The standard InChI is InChI=1S/C16H32N2O3/c1-5-6-13(7-8-15(20)21)9-11-17-14(19)10-12-18-16(2,3)4/h13,18H,5-12H2,1-4H3,(H,17,19)(H,20,21). The first kappa shape index (κ1) is 19.9. The van der Waals surface area contributed by atoms with Gasteiger partial charge in [0.1, 0.15) is 0 Å². The third-order valence-electron chi connectivity index (χ3n) is 3.35. The van der Waals surface area contributed by atoms with E-state index >= 15 is 0 Å². The van der Waals surface area contributed by atoms with Crippen LogP contribution < -0.4 is 10.6 Å². The van der Waals surface area contributed by atoms with E-state index in [1.54, 1.807) is 0 Å². The molecular formula is C16H32N2O3. The zero-order chi connectivity index (χ0) is 16.3. The van der Waals surface area contributed by atoms with Crippen molar-refractivity contribution >= 4 is 11.9 Å². The first-order valence-corrected chi connectivity index (χ1v) is 7.98. The number of hydrogen-bond acceptors (Lipinski definition) is 3. The van der Waals surface area contributed by atoms with Crippen molar-refractivity contribution in [2.75, 3.05) is 13.1 Å². The Morgan fingerprint density at radius 3 is 2.24 bits per heavy atom. The van der Waals surface area contributed by atoms with E-state index in [1.165, 1.54) is 0 Å². The minimum Gasteiger partial charge on any atom is -0.481 e. The maximum Gasteiger partial charge on any atom is 0.303 e. The third kappa shape index (κ3) is 13.6. The SMILES string of the molecule is CCCC(CCNC(=O)CCNC(C)(C)C)CCC(=O)O. The van der Waals surface area contributed by atoms with Crippen LogP contribution in [0.4, 0.5) is 0 Å². The summed E-state index contributed by atoms with van der Waals surface area (Å²) < 4.78 is 0. The lowest BCUT2D eigenvalue weighted by molar-refractivity contribution is -0.137. The molecule has 1 atom stereocenters. The zero-order valence-corrected chi connectivity index (χ0v) is 14.0. The van der Waals surface area contributed by atoms with E-state index in [0.717, 1.165) is 19.3 Å². The molecule has 0 fully saturated rings. The van der Waals surface area contributed by atoms with E-state index in [0.29, 0.717) is 31.8 Å². The van der Waals surface area contributed by atoms with Crippen LogP contribution in [0.15, 0.2) is 0 Å². The van der Waals surface area contributed by atoms with Crippen LogP contribution in [0, 0.1) is 5.92 Å². The molecule has 5 heteroatoms. The van der Waals surface area contributed by atoms with E-state index in [1.807, 2.05) is 0 Å². The van der Waals surface area contributed by atoms with Gasteiger partial charge in [-0.2, -0.15) is 0 Å². The van der Waals surface area contributed by atoms with Crippen molar-refractivity contribution in [2.45, 2.75) is 71.8 Å². The number of carbonyl (C=O) groups excluding carboxylic acids is 1. The normalized spacial score (nSPS) is 13.0. The van der Waals surface area contributed by atoms with Crippen LogP contribution in [0.5, 0.6) is 0 Å². The summed E-state index contributed by atoms with van der Waals surface area (Å²) >= 11 is 0. The summed E-state index contributed by atoms with van der Waals surface area (Å²) in [5.74, 6) is -0.298. The number of rotatable bonds is 11.